The summed E-state index contributed by atoms with van der Waals surface area (Å²) in [6, 6.07) is 0.280. The van der Waals surface area contributed by atoms with Gasteiger partial charge in [0.1, 0.15) is 0 Å². The summed E-state index contributed by atoms with van der Waals surface area (Å²) in [5, 5.41) is 3.03. The number of carbonyl (C=O) groups is 2. The summed E-state index contributed by atoms with van der Waals surface area (Å²) in [6.45, 7) is 0. The summed E-state index contributed by atoms with van der Waals surface area (Å²) in [6.07, 6.45) is 8.74. The predicted octanol–water partition coefficient (Wildman–Crippen LogP) is 1.92. The van der Waals surface area contributed by atoms with Crippen LogP contribution in [0.5, 0.6) is 0 Å². The van der Waals surface area contributed by atoms with E-state index >= 15 is 0 Å². The minimum Gasteiger partial charge on any atom is -0.452 e. The first-order chi connectivity index (χ1) is 8.25. The van der Waals surface area contributed by atoms with Crippen molar-refractivity contribution in [1.29, 1.82) is 0 Å². The molecule has 1 saturated carbocycles. The molecule has 1 heterocycles. The zero-order chi connectivity index (χ0) is 12.1. The van der Waals surface area contributed by atoms with Crippen molar-refractivity contribution in [3.8, 4) is 0 Å². The molecule has 0 radical (unpaired) electrons. The van der Waals surface area contributed by atoms with Crippen LogP contribution in [0.15, 0.2) is 0 Å². The van der Waals surface area contributed by atoms with Crippen molar-refractivity contribution >= 4 is 11.9 Å². The van der Waals surface area contributed by atoms with Crippen LogP contribution in [0.25, 0.3) is 0 Å². The zero-order valence-electron chi connectivity index (χ0n) is 10.2. The standard InChI is InChI=1S/C13H21NO3/c15-12-9-8-11(17-12)13(16)14-10-6-4-2-1-3-5-7-10/h10-11H,1-9H2,(H,14,16). The third-order valence-corrected chi connectivity index (χ3v) is 3.63. The third kappa shape index (κ3) is 3.72. The highest BCUT2D eigenvalue weighted by Crippen LogP contribution is 2.19. The molecule has 0 aromatic heterocycles. The van der Waals surface area contributed by atoms with Gasteiger partial charge < -0.3 is 10.1 Å². The van der Waals surface area contributed by atoms with Gasteiger partial charge in [0.2, 0.25) is 0 Å². The summed E-state index contributed by atoms with van der Waals surface area (Å²) < 4.78 is 4.97. The van der Waals surface area contributed by atoms with Crippen molar-refractivity contribution in [2.24, 2.45) is 0 Å². The van der Waals surface area contributed by atoms with Crippen LogP contribution in [0.3, 0.4) is 0 Å². The summed E-state index contributed by atoms with van der Waals surface area (Å²) in [5.41, 5.74) is 0. The SMILES string of the molecule is O=C1CCC(C(=O)NC2CCCCCCC2)O1. The van der Waals surface area contributed by atoms with E-state index in [0.29, 0.717) is 12.8 Å². The maximum atomic E-state index is 11.9. The zero-order valence-corrected chi connectivity index (χ0v) is 10.2. The molecule has 0 aromatic rings. The predicted molar refractivity (Wildman–Crippen MR) is 63.4 cm³/mol. The molecule has 1 aliphatic heterocycles. The lowest BCUT2D eigenvalue weighted by molar-refractivity contribution is -0.148. The minimum absolute atomic E-state index is 0.0959. The van der Waals surface area contributed by atoms with Gasteiger partial charge in [0.15, 0.2) is 6.10 Å². The monoisotopic (exact) mass is 239 g/mol. The molecule has 1 atom stereocenters. The molecule has 1 unspecified atom stereocenters. The highest BCUT2D eigenvalue weighted by atomic mass is 16.6. The number of ether oxygens (including phenoxy) is 1. The lowest BCUT2D eigenvalue weighted by atomic mass is 9.96. The first-order valence-corrected chi connectivity index (χ1v) is 6.75. The van der Waals surface area contributed by atoms with Gasteiger partial charge in [-0.05, 0) is 12.8 Å². The van der Waals surface area contributed by atoms with E-state index in [1.54, 1.807) is 0 Å². The van der Waals surface area contributed by atoms with Crippen LogP contribution >= 0.6 is 0 Å². The van der Waals surface area contributed by atoms with Gasteiger partial charge in [-0.15, -0.1) is 0 Å². The van der Waals surface area contributed by atoms with Crippen molar-refractivity contribution in [2.45, 2.75) is 69.9 Å². The number of carbonyl (C=O) groups excluding carboxylic acids is 2. The van der Waals surface area contributed by atoms with E-state index in [1.807, 2.05) is 0 Å². The fraction of sp³-hybridized carbons (Fsp3) is 0.846. The van der Waals surface area contributed by atoms with Crippen LogP contribution < -0.4 is 5.32 Å². The molecule has 2 aliphatic rings. The van der Waals surface area contributed by atoms with Crippen LogP contribution in [0.4, 0.5) is 0 Å². The number of nitrogens with one attached hydrogen (secondary N) is 1. The maximum absolute atomic E-state index is 11.9. The number of hydrogen-bond donors (Lipinski definition) is 1. The van der Waals surface area contributed by atoms with E-state index in [1.165, 1.54) is 32.1 Å². The van der Waals surface area contributed by atoms with E-state index in [0.717, 1.165) is 12.8 Å². The number of cyclic esters (lactones) is 1. The first kappa shape index (κ1) is 12.4. The average molecular weight is 239 g/mol. The van der Waals surface area contributed by atoms with Crippen LogP contribution in [0, 0.1) is 0 Å². The lowest BCUT2D eigenvalue weighted by Crippen LogP contribution is -2.41. The van der Waals surface area contributed by atoms with Gasteiger partial charge in [0.05, 0.1) is 0 Å². The van der Waals surface area contributed by atoms with Gasteiger partial charge in [-0.2, -0.15) is 0 Å². The summed E-state index contributed by atoms with van der Waals surface area (Å²) >= 11 is 0. The van der Waals surface area contributed by atoms with E-state index in [-0.39, 0.29) is 17.9 Å². The molecule has 1 N–H and O–H groups in total. The second-order valence-electron chi connectivity index (χ2n) is 5.07. The molecule has 1 saturated heterocycles. The van der Waals surface area contributed by atoms with E-state index in [4.69, 9.17) is 4.74 Å². The van der Waals surface area contributed by atoms with E-state index in [2.05, 4.69) is 5.32 Å². The van der Waals surface area contributed by atoms with Gasteiger partial charge in [0.25, 0.3) is 5.91 Å². The Labute approximate surface area is 102 Å². The van der Waals surface area contributed by atoms with Crippen LogP contribution in [-0.2, 0) is 14.3 Å². The van der Waals surface area contributed by atoms with Crippen molar-refractivity contribution in [3.05, 3.63) is 0 Å². The molecule has 17 heavy (non-hydrogen) atoms. The van der Waals surface area contributed by atoms with Gasteiger partial charge in [-0.3, -0.25) is 9.59 Å². The van der Waals surface area contributed by atoms with Gasteiger partial charge in [0, 0.05) is 18.9 Å². The average Bonchev–Trinajstić information content (AvgIpc) is 2.68. The fourth-order valence-electron chi connectivity index (χ4n) is 2.60. The normalized spacial score (nSPS) is 27.1. The van der Waals surface area contributed by atoms with Crippen LogP contribution in [0.1, 0.15) is 57.8 Å². The third-order valence-electron chi connectivity index (χ3n) is 3.63. The Morgan fingerprint density at radius 2 is 1.71 bits per heavy atom. The molecular formula is C13H21NO3. The van der Waals surface area contributed by atoms with Crippen LogP contribution in [0.2, 0.25) is 0 Å². The van der Waals surface area contributed by atoms with Gasteiger partial charge in [-0.25, -0.2) is 0 Å². The van der Waals surface area contributed by atoms with E-state index in [9.17, 15) is 9.59 Å². The molecule has 1 aliphatic carbocycles. The van der Waals surface area contributed by atoms with Crippen molar-refractivity contribution < 1.29 is 14.3 Å². The second kappa shape index (κ2) is 6.03. The largest absolute Gasteiger partial charge is 0.452 e. The Hall–Kier alpha value is -1.06. The Morgan fingerprint density at radius 1 is 1.06 bits per heavy atom. The molecular weight excluding hydrogens is 218 g/mol. The quantitative estimate of drug-likeness (QED) is 0.749. The van der Waals surface area contributed by atoms with Crippen molar-refractivity contribution in [3.63, 3.8) is 0 Å². The van der Waals surface area contributed by atoms with Gasteiger partial charge in [-0.1, -0.05) is 32.1 Å². The Kier molecular flexibility index (Phi) is 4.40. The lowest BCUT2D eigenvalue weighted by Gasteiger charge is -2.22. The highest BCUT2D eigenvalue weighted by Gasteiger charge is 2.30. The number of hydrogen-bond acceptors (Lipinski definition) is 3. The summed E-state index contributed by atoms with van der Waals surface area (Å²) in [5.74, 6) is -0.343. The number of amides is 1. The van der Waals surface area contributed by atoms with Crippen molar-refractivity contribution in [1.82, 2.24) is 5.32 Å². The second-order valence-corrected chi connectivity index (χ2v) is 5.07. The Balaban J connectivity index is 1.78. The first-order valence-electron chi connectivity index (χ1n) is 6.75. The Bertz CT molecular complexity index is 282. The maximum Gasteiger partial charge on any atom is 0.306 e. The smallest absolute Gasteiger partial charge is 0.306 e. The van der Waals surface area contributed by atoms with Crippen molar-refractivity contribution in [2.75, 3.05) is 0 Å². The molecule has 2 rings (SSSR count). The molecule has 0 aromatic carbocycles. The van der Waals surface area contributed by atoms with E-state index < -0.39 is 6.10 Å². The van der Waals surface area contributed by atoms with Crippen LogP contribution in [-0.4, -0.2) is 24.0 Å². The molecule has 4 nitrogen and oxygen atoms in total. The molecule has 1 amide bonds. The summed E-state index contributed by atoms with van der Waals surface area (Å²) in [7, 11) is 0. The molecule has 0 bridgehead atoms. The molecule has 0 spiro atoms. The Morgan fingerprint density at radius 3 is 2.29 bits per heavy atom. The topological polar surface area (TPSA) is 55.4 Å². The number of esters is 1. The fourth-order valence-corrected chi connectivity index (χ4v) is 2.60. The number of rotatable bonds is 2. The molecule has 96 valence electrons. The van der Waals surface area contributed by atoms with Gasteiger partial charge >= 0.3 is 5.97 Å². The molecule has 2 fully saturated rings. The molecule has 4 heteroatoms. The highest BCUT2D eigenvalue weighted by molar-refractivity contribution is 5.86. The minimum atomic E-state index is -0.534. The summed E-state index contributed by atoms with van der Waals surface area (Å²) in [4.78, 5) is 22.8.